The zero-order valence-electron chi connectivity index (χ0n) is 14.1. The molecule has 0 amide bonds. The lowest BCUT2D eigenvalue weighted by Gasteiger charge is -2.18. The number of hydrogen-bond acceptors (Lipinski definition) is 8. The number of nitrogens with zero attached hydrogens (tertiary/aromatic N) is 3. The molecule has 0 unspecified atom stereocenters. The highest BCUT2D eigenvalue weighted by Crippen LogP contribution is 2.30. The summed E-state index contributed by atoms with van der Waals surface area (Å²) in [5.74, 6) is 1.46. The Kier molecular flexibility index (Phi) is 6.13. The van der Waals surface area contributed by atoms with E-state index in [2.05, 4.69) is 35.9 Å². The van der Waals surface area contributed by atoms with Gasteiger partial charge in [0.1, 0.15) is 10.0 Å². The van der Waals surface area contributed by atoms with Gasteiger partial charge >= 0.3 is 0 Å². The number of aliphatic hydroxyl groups excluding tert-OH is 1. The molecular weight excluding hydrogens is 442 g/mol. The summed E-state index contributed by atoms with van der Waals surface area (Å²) in [4.78, 5) is 10.4. The Morgan fingerprint density at radius 2 is 2.23 bits per heavy atom. The smallest absolute Gasteiger partial charge is 0.250 e. The molecule has 0 aromatic carbocycles. The second-order valence-corrected chi connectivity index (χ2v) is 9.84. The van der Waals surface area contributed by atoms with E-state index in [1.165, 1.54) is 0 Å². The highest BCUT2D eigenvalue weighted by Gasteiger charge is 2.25. The molecule has 11 heteroatoms. The molecule has 8 nitrogen and oxygen atoms in total. The van der Waals surface area contributed by atoms with Gasteiger partial charge in [0.05, 0.1) is 16.8 Å². The highest BCUT2D eigenvalue weighted by molar-refractivity contribution is 9.10. The molecule has 2 aromatic rings. The molecule has 0 saturated heterocycles. The third-order valence-electron chi connectivity index (χ3n) is 3.88. The van der Waals surface area contributed by atoms with Crippen molar-refractivity contribution in [2.45, 2.75) is 17.1 Å². The molecule has 26 heavy (non-hydrogen) atoms. The Labute approximate surface area is 164 Å². The zero-order valence-corrected chi connectivity index (χ0v) is 17.4. The van der Waals surface area contributed by atoms with Crippen molar-refractivity contribution in [3.8, 4) is 0 Å². The molecule has 2 heterocycles. The molecule has 1 aliphatic rings. The van der Waals surface area contributed by atoms with E-state index < -0.39 is 10.0 Å². The first-order valence-electron chi connectivity index (χ1n) is 8.09. The molecule has 0 radical (unpaired) electrons. The van der Waals surface area contributed by atoms with Crippen molar-refractivity contribution in [1.29, 1.82) is 0 Å². The predicted octanol–water partition coefficient (Wildman–Crippen LogP) is 2.16. The predicted molar refractivity (Wildman–Crippen MR) is 106 cm³/mol. The molecule has 2 aromatic heterocycles. The third kappa shape index (κ3) is 4.92. The van der Waals surface area contributed by atoms with Gasteiger partial charge in [-0.15, -0.1) is 11.3 Å². The summed E-state index contributed by atoms with van der Waals surface area (Å²) < 4.78 is 28.2. The van der Waals surface area contributed by atoms with Crippen LogP contribution in [0.1, 0.15) is 12.8 Å². The molecule has 0 atom stereocenters. The van der Waals surface area contributed by atoms with Gasteiger partial charge in [0, 0.05) is 31.7 Å². The van der Waals surface area contributed by atoms with Crippen LogP contribution in [0.25, 0.3) is 0 Å². The number of thiophene rings is 1. The summed E-state index contributed by atoms with van der Waals surface area (Å²) in [5.41, 5.74) is 0.611. The molecule has 3 rings (SSSR count). The fourth-order valence-electron chi connectivity index (χ4n) is 2.21. The van der Waals surface area contributed by atoms with Crippen molar-refractivity contribution in [2.24, 2.45) is 5.92 Å². The molecule has 3 N–H and O–H groups in total. The van der Waals surface area contributed by atoms with E-state index >= 15 is 0 Å². The Morgan fingerprint density at radius 1 is 1.46 bits per heavy atom. The van der Waals surface area contributed by atoms with Crippen molar-refractivity contribution in [3.63, 3.8) is 0 Å². The van der Waals surface area contributed by atoms with E-state index in [0.29, 0.717) is 40.9 Å². The fourth-order valence-corrected chi connectivity index (χ4v) is 4.98. The fraction of sp³-hybridized carbons (Fsp3) is 0.467. The Morgan fingerprint density at radius 3 is 2.92 bits per heavy atom. The minimum absolute atomic E-state index is 0.00924. The third-order valence-corrected chi connectivity index (χ3v) is 7.30. The van der Waals surface area contributed by atoms with Crippen LogP contribution in [0.2, 0.25) is 0 Å². The summed E-state index contributed by atoms with van der Waals surface area (Å²) in [6.45, 7) is 0.942. The number of likely N-dealkylation sites (N-methyl/N-ethyl adjacent to an activating group) is 1. The van der Waals surface area contributed by atoms with Crippen molar-refractivity contribution >= 4 is 54.7 Å². The molecule has 1 fully saturated rings. The van der Waals surface area contributed by atoms with E-state index in [4.69, 9.17) is 5.11 Å². The molecule has 0 bridgehead atoms. The molecule has 0 spiro atoms. The second-order valence-electron chi connectivity index (χ2n) is 6.09. The average molecular weight is 462 g/mol. The summed E-state index contributed by atoms with van der Waals surface area (Å²) in [6.07, 6.45) is 3.79. The number of rotatable bonds is 9. The van der Waals surface area contributed by atoms with Crippen LogP contribution in [0, 0.1) is 5.92 Å². The van der Waals surface area contributed by atoms with Gasteiger partial charge in [-0.2, -0.15) is 4.98 Å². The normalized spacial score (nSPS) is 14.4. The van der Waals surface area contributed by atoms with Gasteiger partial charge in [-0.05, 0) is 40.8 Å². The maximum atomic E-state index is 12.3. The minimum atomic E-state index is -3.48. The van der Waals surface area contributed by atoms with Gasteiger partial charge in [0.2, 0.25) is 16.0 Å². The van der Waals surface area contributed by atoms with Gasteiger partial charge in [-0.3, -0.25) is 0 Å². The van der Waals surface area contributed by atoms with Crippen LogP contribution in [0.5, 0.6) is 0 Å². The summed E-state index contributed by atoms with van der Waals surface area (Å²) in [7, 11) is -1.66. The van der Waals surface area contributed by atoms with E-state index in [-0.39, 0.29) is 10.8 Å². The maximum absolute atomic E-state index is 12.3. The molecule has 1 aliphatic carbocycles. The Balaban J connectivity index is 1.71. The van der Waals surface area contributed by atoms with E-state index in [9.17, 15) is 8.42 Å². The first kappa shape index (κ1) is 19.5. The van der Waals surface area contributed by atoms with Gasteiger partial charge in [-0.25, -0.2) is 18.1 Å². The van der Waals surface area contributed by atoms with Crippen molar-refractivity contribution < 1.29 is 13.5 Å². The SMILES string of the molecule is CN(CCO)c1nc(Nc2csc(S(=O)(=O)NCC3CC3)c2)ncc1Br. The van der Waals surface area contributed by atoms with E-state index in [1.807, 2.05) is 7.05 Å². The summed E-state index contributed by atoms with van der Waals surface area (Å²) >= 11 is 4.54. The summed E-state index contributed by atoms with van der Waals surface area (Å²) in [6, 6.07) is 1.57. The van der Waals surface area contributed by atoms with Crippen molar-refractivity contribution in [1.82, 2.24) is 14.7 Å². The van der Waals surface area contributed by atoms with E-state index in [0.717, 1.165) is 24.2 Å². The topological polar surface area (TPSA) is 107 Å². The van der Waals surface area contributed by atoms with Gasteiger partial charge < -0.3 is 15.3 Å². The van der Waals surface area contributed by atoms with Gasteiger partial charge in [-0.1, -0.05) is 0 Å². The number of sulfonamides is 1. The lowest BCUT2D eigenvalue weighted by molar-refractivity contribution is 0.304. The van der Waals surface area contributed by atoms with Gasteiger partial charge in [0.25, 0.3) is 0 Å². The maximum Gasteiger partial charge on any atom is 0.250 e. The number of anilines is 3. The lowest BCUT2D eigenvalue weighted by Crippen LogP contribution is -2.25. The molecule has 1 saturated carbocycles. The van der Waals surface area contributed by atoms with Crippen molar-refractivity contribution in [2.75, 3.05) is 37.0 Å². The first-order chi connectivity index (χ1) is 12.4. The lowest BCUT2D eigenvalue weighted by atomic mass is 10.4. The average Bonchev–Trinajstić information content (AvgIpc) is 3.32. The van der Waals surface area contributed by atoms with Crippen LogP contribution in [-0.4, -0.2) is 50.2 Å². The number of aliphatic hydroxyl groups is 1. The standard InChI is InChI=1S/C15H20BrN5O3S2/c1-21(4-5-22)14-12(16)8-17-15(20-14)19-11-6-13(25-9-11)26(23,24)18-7-10-2-3-10/h6,8-10,18,22H,2-5,7H2,1H3,(H,17,19,20). The Bertz CT molecular complexity index is 870. The van der Waals surface area contributed by atoms with Crippen LogP contribution in [0.3, 0.4) is 0 Å². The van der Waals surface area contributed by atoms with Gasteiger partial charge in [0.15, 0.2) is 0 Å². The monoisotopic (exact) mass is 461 g/mol. The van der Waals surface area contributed by atoms with E-state index in [1.54, 1.807) is 22.5 Å². The highest BCUT2D eigenvalue weighted by atomic mass is 79.9. The van der Waals surface area contributed by atoms with Crippen molar-refractivity contribution in [3.05, 3.63) is 22.1 Å². The molecule has 142 valence electrons. The largest absolute Gasteiger partial charge is 0.395 e. The Hall–Kier alpha value is -1.27. The van der Waals surface area contributed by atoms with Crippen LogP contribution in [0.15, 0.2) is 26.3 Å². The molecule has 0 aliphatic heterocycles. The van der Waals surface area contributed by atoms with Crippen LogP contribution in [-0.2, 0) is 10.0 Å². The van der Waals surface area contributed by atoms with Crippen LogP contribution < -0.4 is 14.9 Å². The first-order valence-corrected chi connectivity index (χ1v) is 11.2. The number of aromatic nitrogens is 2. The summed E-state index contributed by atoms with van der Waals surface area (Å²) in [5, 5.41) is 13.8. The number of nitrogens with one attached hydrogen (secondary N) is 2. The molecular formula is C15H20BrN5O3S2. The van der Waals surface area contributed by atoms with Crippen LogP contribution in [0.4, 0.5) is 17.5 Å². The zero-order chi connectivity index (χ0) is 18.7. The number of halogens is 1. The second kappa shape index (κ2) is 8.17. The van der Waals surface area contributed by atoms with Crippen LogP contribution >= 0.6 is 27.3 Å². The number of hydrogen-bond donors (Lipinski definition) is 3. The minimum Gasteiger partial charge on any atom is -0.395 e. The quantitative estimate of drug-likeness (QED) is 0.524.